The summed E-state index contributed by atoms with van der Waals surface area (Å²) in [6.45, 7) is 2.00. The van der Waals surface area contributed by atoms with Crippen LogP contribution in [0, 0.1) is 0 Å². The first-order valence-corrected chi connectivity index (χ1v) is 11.5. The van der Waals surface area contributed by atoms with Crippen LogP contribution >= 0.6 is 0 Å². The van der Waals surface area contributed by atoms with Crippen molar-refractivity contribution in [3.05, 3.63) is 23.3 Å². The van der Waals surface area contributed by atoms with Crippen molar-refractivity contribution in [2.24, 2.45) is 0 Å². The molecule has 0 spiro atoms. The highest BCUT2D eigenvalue weighted by Gasteiger charge is 2.34. The molecular weight excluding hydrogens is 396 g/mol. The highest BCUT2D eigenvalue weighted by atomic mass is 16.6. The number of cyclic esters (lactones) is 1. The molecule has 0 bridgehead atoms. The number of unbranched alkanes of at least 4 members (excludes halogenated alkanes) is 6. The Morgan fingerprint density at radius 3 is 2.29 bits per heavy atom. The number of methoxy groups -OCH3 is 3. The van der Waals surface area contributed by atoms with Crippen LogP contribution in [0.2, 0.25) is 0 Å². The molecule has 1 aliphatic rings. The molecule has 2 unspecified atom stereocenters. The van der Waals surface area contributed by atoms with Gasteiger partial charge in [-0.2, -0.15) is 0 Å². The third-order valence-corrected chi connectivity index (χ3v) is 6.02. The van der Waals surface area contributed by atoms with E-state index in [2.05, 4.69) is 0 Å². The highest BCUT2D eigenvalue weighted by molar-refractivity contribution is 5.97. The molecule has 6 heteroatoms. The maximum absolute atomic E-state index is 12.3. The fourth-order valence-electron chi connectivity index (χ4n) is 3.97. The Morgan fingerprint density at radius 2 is 1.65 bits per heavy atom. The summed E-state index contributed by atoms with van der Waals surface area (Å²) in [5, 5.41) is 0. The minimum absolute atomic E-state index is 0.161. The van der Waals surface area contributed by atoms with Gasteiger partial charge in [0.1, 0.15) is 28.9 Å². The summed E-state index contributed by atoms with van der Waals surface area (Å²) >= 11 is 0. The van der Waals surface area contributed by atoms with Gasteiger partial charge in [-0.25, -0.2) is 4.79 Å². The van der Waals surface area contributed by atoms with Crippen molar-refractivity contribution in [2.75, 3.05) is 21.3 Å². The minimum Gasteiger partial charge on any atom is -0.497 e. The third-order valence-electron chi connectivity index (χ3n) is 6.02. The summed E-state index contributed by atoms with van der Waals surface area (Å²) in [6.07, 6.45) is 10.6. The molecule has 1 aromatic rings. The topological polar surface area (TPSA) is 71.1 Å². The average molecular weight is 435 g/mol. The Bertz CT molecular complexity index is 714. The van der Waals surface area contributed by atoms with Crippen molar-refractivity contribution in [3.8, 4) is 11.5 Å². The van der Waals surface area contributed by atoms with Crippen molar-refractivity contribution in [2.45, 2.75) is 89.8 Å². The molecule has 2 rings (SSSR count). The Hall–Kier alpha value is -2.08. The monoisotopic (exact) mass is 434 g/mol. The largest absolute Gasteiger partial charge is 0.497 e. The van der Waals surface area contributed by atoms with Gasteiger partial charge in [0.05, 0.1) is 20.3 Å². The van der Waals surface area contributed by atoms with Gasteiger partial charge in [-0.1, -0.05) is 32.1 Å². The molecule has 174 valence electrons. The first-order chi connectivity index (χ1) is 15.0. The van der Waals surface area contributed by atoms with Crippen LogP contribution in [-0.2, 0) is 14.3 Å². The van der Waals surface area contributed by atoms with Gasteiger partial charge < -0.3 is 18.9 Å². The van der Waals surface area contributed by atoms with Crippen LogP contribution < -0.4 is 9.47 Å². The van der Waals surface area contributed by atoms with Gasteiger partial charge in [-0.05, 0) is 38.7 Å². The number of carbonyl (C=O) groups is 2. The molecule has 0 aromatic heterocycles. The number of hydrogen-bond acceptors (Lipinski definition) is 6. The van der Waals surface area contributed by atoms with E-state index >= 15 is 0 Å². The SMILES string of the molecule is COc1cc(OC)c2c(c1)C(CCCCCCCCCC(=O)CCC(C)OC)OC2=O. The van der Waals surface area contributed by atoms with Crippen molar-refractivity contribution < 1.29 is 28.5 Å². The Morgan fingerprint density at radius 1 is 0.968 bits per heavy atom. The molecule has 2 atom stereocenters. The zero-order chi connectivity index (χ0) is 22.6. The Balaban J connectivity index is 1.59. The summed E-state index contributed by atoms with van der Waals surface area (Å²) in [4.78, 5) is 24.1. The van der Waals surface area contributed by atoms with Gasteiger partial charge in [0.25, 0.3) is 0 Å². The standard InChI is InChI=1S/C25H38O6/c1-18(28-2)14-15-19(26)12-10-8-6-5-7-9-11-13-22-21-16-20(29-3)17-23(30-4)24(21)25(27)31-22/h16-18,22H,5-15H2,1-4H3. The van der Waals surface area contributed by atoms with Gasteiger partial charge >= 0.3 is 5.97 Å². The second-order valence-electron chi connectivity index (χ2n) is 8.33. The lowest BCUT2D eigenvalue weighted by Gasteiger charge is -2.12. The lowest BCUT2D eigenvalue weighted by molar-refractivity contribution is -0.119. The van der Waals surface area contributed by atoms with Crippen LogP contribution in [0.5, 0.6) is 11.5 Å². The van der Waals surface area contributed by atoms with Gasteiger partial charge in [0, 0.05) is 31.6 Å². The van der Waals surface area contributed by atoms with Crippen molar-refractivity contribution in [1.82, 2.24) is 0 Å². The molecule has 0 fully saturated rings. The number of rotatable bonds is 16. The summed E-state index contributed by atoms with van der Waals surface area (Å²) < 4.78 is 21.4. The predicted molar refractivity (Wildman–Crippen MR) is 120 cm³/mol. The second-order valence-corrected chi connectivity index (χ2v) is 8.33. The molecule has 0 saturated carbocycles. The lowest BCUT2D eigenvalue weighted by atomic mass is 9.98. The third kappa shape index (κ3) is 7.84. The number of carbonyl (C=O) groups excluding carboxylic acids is 2. The van der Waals surface area contributed by atoms with E-state index in [0.29, 0.717) is 35.7 Å². The van der Waals surface area contributed by atoms with E-state index in [0.717, 1.165) is 56.9 Å². The maximum atomic E-state index is 12.3. The molecule has 0 aliphatic carbocycles. The number of benzene rings is 1. The molecule has 1 aliphatic heterocycles. The molecule has 1 heterocycles. The van der Waals surface area contributed by atoms with E-state index in [1.54, 1.807) is 27.4 Å². The molecule has 0 radical (unpaired) electrons. The summed E-state index contributed by atoms with van der Waals surface area (Å²) in [7, 11) is 4.84. The highest BCUT2D eigenvalue weighted by Crippen LogP contribution is 2.41. The Labute approximate surface area is 186 Å². The number of fused-ring (bicyclic) bond motifs is 1. The van der Waals surface area contributed by atoms with Crippen molar-refractivity contribution >= 4 is 11.8 Å². The molecule has 31 heavy (non-hydrogen) atoms. The zero-order valence-electron chi connectivity index (χ0n) is 19.5. The van der Waals surface area contributed by atoms with Crippen LogP contribution in [0.15, 0.2) is 12.1 Å². The van der Waals surface area contributed by atoms with Crippen LogP contribution in [0.4, 0.5) is 0 Å². The predicted octanol–water partition coefficient (Wildman–Crippen LogP) is 5.81. The second kappa shape index (κ2) is 13.4. The van der Waals surface area contributed by atoms with E-state index in [9.17, 15) is 9.59 Å². The molecule has 1 aromatic carbocycles. The summed E-state index contributed by atoms with van der Waals surface area (Å²) in [5.74, 6) is 1.22. The molecular formula is C25H38O6. The minimum atomic E-state index is -0.314. The normalized spacial score (nSPS) is 16.0. The van der Waals surface area contributed by atoms with Gasteiger partial charge in [0.2, 0.25) is 0 Å². The molecule has 0 saturated heterocycles. The van der Waals surface area contributed by atoms with Crippen LogP contribution in [-0.4, -0.2) is 39.2 Å². The van der Waals surface area contributed by atoms with Crippen molar-refractivity contribution in [3.63, 3.8) is 0 Å². The van der Waals surface area contributed by atoms with E-state index in [1.165, 1.54) is 6.42 Å². The quantitative estimate of drug-likeness (QED) is 0.241. The van der Waals surface area contributed by atoms with E-state index < -0.39 is 0 Å². The summed E-state index contributed by atoms with van der Waals surface area (Å²) in [6, 6.07) is 3.60. The van der Waals surface area contributed by atoms with Crippen LogP contribution in [0.25, 0.3) is 0 Å². The first-order valence-electron chi connectivity index (χ1n) is 11.5. The van der Waals surface area contributed by atoms with Gasteiger partial charge in [-0.15, -0.1) is 0 Å². The molecule has 6 nitrogen and oxygen atoms in total. The number of ketones is 1. The molecule has 0 amide bonds. The van der Waals surface area contributed by atoms with Gasteiger partial charge in [0.15, 0.2) is 0 Å². The van der Waals surface area contributed by atoms with Crippen molar-refractivity contribution in [1.29, 1.82) is 0 Å². The molecule has 0 N–H and O–H groups in total. The number of Topliss-reactive ketones (excluding diaryl/α,β-unsaturated/α-hetero) is 1. The van der Waals surface area contributed by atoms with Crippen LogP contribution in [0.3, 0.4) is 0 Å². The maximum Gasteiger partial charge on any atom is 0.342 e. The van der Waals surface area contributed by atoms with Gasteiger partial charge in [-0.3, -0.25) is 4.79 Å². The average Bonchev–Trinajstić information content (AvgIpc) is 3.10. The van der Waals surface area contributed by atoms with E-state index in [1.807, 2.05) is 13.0 Å². The fourth-order valence-corrected chi connectivity index (χ4v) is 3.97. The number of hydrogen-bond donors (Lipinski definition) is 0. The first kappa shape index (κ1) is 25.2. The van der Waals surface area contributed by atoms with Crippen LogP contribution in [0.1, 0.15) is 99.6 Å². The zero-order valence-corrected chi connectivity index (χ0v) is 19.5. The Kier molecular flexibility index (Phi) is 10.9. The van der Waals surface area contributed by atoms with E-state index in [-0.39, 0.29) is 18.2 Å². The number of esters is 1. The number of ether oxygens (including phenoxy) is 4. The smallest absolute Gasteiger partial charge is 0.342 e. The van der Waals surface area contributed by atoms with E-state index in [4.69, 9.17) is 18.9 Å². The summed E-state index contributed by atoms with van der Waals surface area (Å²) in [5.41, 5.74) is 1.39. The fraction of sp³-hybridized carbons (Fsp3) is 0.680. The lowest BCUT2D eigenvalue weighted by Crippen LogP contribution is -2.08.